The van der Waals surface area contributed by atoms with Crippen LogP contribution < -0.4 is 4.90 Å². The van der Waals surface area contributed by atoms with Crippen LogP contribution in [0.4, 0.5) is 10.1 Å². The molecule has 0 aromatic heterocycles. The molecule has 4 heteroatoms. The molecule has 0 amide bonds. The van der Waals surface area contributed by atoms with Crippen LogP contribution in [0.1, 0.15) is 18.5 Å². The van der Waals surface area contributed by atoms with E-state index in [1.165, 1.54) is 12.1 Å². The fourth-order valence-electron chi connectivity index (χ4n) is 2.98. The van der Waals surface area contributed by atoms with Crippen LogP contribution in [0.2, 0.25) is 0 Å². The Morgan fingerprint density at radius 3 is 2.09 bits per heavy atom. The van der Waals surface area contributed by atoms with Gasteiger partial charge in [-0.05, 0) is 48.9 Å². The zero-order valence-electron chi connectivity index (χ0n) is 12.7. The maximum absolute atomic E-state index is 13.0. The Bertz CT molecular complexity index is 604. The van der Waals surface area contributed by atoms with Gasteiger partial charge in [-0.2, -0.15) is 0 Å². The van der Waals surface area contributed by atoms with Gasteiger partial charge in [0.1, 0.15) is 11.6 Å². The van der Waals surface area contributed by atoms with Gasteiger partial charge in [0, 0.05) is 37.9 Å². The minimum atomic E-state index is -0.187. The number of aromatic hydroxyl groups is 1. The summed E-state index contributed by atoms with van der Waals surface area (Å²) < 4.78 is 13.0. The number of phenols is 1. The Labute approximate surface area is 130 Å². The number of hydrogen-bond acceptors (Lipinski definition) is 3. The zero-order valence-corrected chi connectivity index (χ0v) is 12.7. The molecule has 1 fully saturated rings. The van der Waals surface area contributed by atoms with E-state index in [0.717, 1.165) is 37.4 Å². The molecule has 1 atom stereocenters. The first-order valence-electron chi connectivity index (χ1n) is 7.67. The maximum atomic E-state index is 13.0. The van der Waals surface area contributed by atoms with E-state index in [1.807, 2.05) is 24.3 Å². The van der Waals surface area contributed by atoms with Crippen molar-refractivity contribution in [3.8, 4) is 5.75 Å². The molecule has 1 heterocycles. The Morgan fingerprint density at radius 2 is 1.50 bits per heavy atom. The fraction of sp³-hybridized carbons (Fsp3) is 0.333. The van der Waals surface area contributed by atoms with E-state index >= 15 is 0 Å². The summed E-state index contributed by atoms with van der Waals surface area (Å²) in [6.45, 7) is 6.02. The lowest BCUT2D eigenvalue weighted by atomic mass is 10.1. The van der Waals surface area contributed by atoms with Gasteiger partial charge in [0.05, 0.1) is 0 Å². The zero-order chi connectivity index (χ0) is 15.5. The largest absolute Gasteiger partial charge is 0.508 e. The molecule has 3 rings (SSSR count). The lowest BCUT2D eigenvalue weighted by Gasteiger charge is -2.39. The Hall–Kier alpha value is -2.07. The van der Waals surface area contributed by atoms with Crippen molar-refractivity contribution >= 4 is 5.69 Å². The topological polar surface area (TPSA) is 26.7 Å². The first kappa shape index (κ1) is 14.9. The third kappa shape index (κ3) is 3.22. The van der Waals surface area contributed by atoms with Crippen molar-refractivity contribution in [2.45, 2.75) is 13.0 Å². The van der Waals surface area contributed by atoms with Crippen molar-refractivity contribution < 1.29 is 9.50 Å². The van der Waals surface area contributed by atoms with E-state index in [4.69, 9.17) is 0 Å². The number of halogens is 1. The second-order valence-corrected chi connectivity index (χ2v) is 5.77. The number of benzene rings is 2. The van der Waals surface area contributed by atoms with Gasteiger partial charge in [0.15, 0.2) is 0 Å². The van der Waals surface area contributed by atoms with Gasteiger partial charge in [0.2, 0.25) is 0 Å². The average molecular weight is 300 g/mol. The molecular weight excluding hydrogens is 279 g/mol. The number of phenolic OH excluding ortho intramolecular Hbond substituents is 1. The van der Waals surface area contributed by atoms with Crippen LogP contribution in [-0.4, -0.2) is 36.2 Å². The molecule has 0 aliphatic carbocycles. The van der Waals surface area contributed by atoms with Gasteiger partial charge < -0.3 is 10.0 Å². The van der Waals surface area contributed by atoms with Crippen LogP contribution in [-0.2, 0) is 0 Å². The molecule has 1 aliphatic heterocycles. The second kappa shape index (κ2) is 6.36. The van der Waals surface area contributed by atoms with Gasteiger partial charge in [-0.1, -0.05) is 12.1 Å². The first-order chi connectivity index (χ1) is 10.6. The van der Waals surface area contributed by atoms with E-state index in [-0.39, 0.29) is 5.82 Å². The highest BCUT2D eigenvalue weighted by molar-refractivity contribution is 5.49. The lowest BCUT2D eigenvalue weighted by molar-refractivity contribution is 0.198. The van der Waals surface area contributed by atoms with E-state index < -0.39 is 0 Å². The van der Waals surface area contributed by atoms with Gasteiger partial charge >= 0.3 is 0 Å². The van der Waals surface area contributed by atoms with Crippen molar-refractivity contribution in [3.63, 3.8) is 0 Å². The highest BCUT2D eigenvalue weighted by Crippen LogP contribution is 2.24. The minimum Gasteiger partial charge on any atom is -0.508 e. The monoisotopic (exact) mass is 300 g/mol. The van der Waals surface area contributed by atoms with Gasteiger partial charge in [0.25, 0.3) is 0 Å². The quantitative estimate of drug-likeness (QED) is 0.941. The van der Waals surface area contributed by atoms with Crippen molar-refractivity contribution in [2.24, 2.45) is 0 Å². The van der Waals surface area contributed by atoms with E-state index in [9.17, 15) is 9.50 Å². The van der Waals surface area contributed by atoms with Crippen LogP contribution in [0, 0.1) is 5.82 Å². The van der Waals surface area contributed by atoms with Crippen LogP contribution in [0.5, 0.6) is 5.75 Å². The van der Waals surface area contributed by atoms with Crippen molar-refractivity contribution in [1.82, 2.24) is 4.90 Å². The van der Waals surface area contributed by atoms with E-state index in [0.29, 0.717) is 11.8 Å². The Kier molecular flexibility index (Phi) is 4.29. The molecule has 1 unspecified atom stereocenters. The number of piperazine rings is 1. The highest BCUT2D eigenvalue weighted by Gasteiger charge is 2.22. The summed E-state index contributed by atoms with van der Waals surface area (Å²) in [5.74, 6) is 0.111. The first-order valence-corrected chi connectivity index (χ1v) is 7.67. The van der Waals surface area contributed by atoms with E-state index in [2.05, 4.69) is 16.7 Å². The average Bonchev–Trinajstić information content (AvgIpc) is 2.56. The molecule has 116 valence electrons. The van der Waals surface area contributed by atoms with Crippen LogP contribution >= 0.6 is 0 Å². The summed E-state index contributed by atoms with van der Waals surface area (Å²) in [4.78, 5) is 4.75. The van der Waals surface area contributed by atoms with Crippen LogP contribution in [0.15, 0.2) is 48.5 Å². The molecule has 0 spiro atoms. The molecule has 0 radical (unpaired) electrons. The Balaban J connectivity index is 1.61. The van der Waals surface area contributed by atoms with Crippen LogP contribution in [0.25, 0.3) is 0 Å². The molecule has 1 aliphatic rings. The minimum absolute atomic E-state index is 0.187. The lowest BCUT2D eigenvalue weighted by Crippen LogP contribution is -2.47. The SMILES string of the molecule is CC(c1ccc(F)cc1)N1CCN(c2ccc(O)cc2)CC1. The van der Waals surface area contributed by atoms with Gasteiger partial charge in [-0.3, -0.25) is 4.90 Å². The summed E-state index contributed by atoms with van der Waals surface area (Å²) in [6, 6.07) is 14.4. The molecule has 22 heavy (non-hydrogen) atoms. The van der Waals surface area contributed by atoms with Gasteiger partial charge in [-0.25, -0.2) is 4.39 Å². The summed E-state index contributed by atoms with van der Waals surface area (Å²) in [5, 5.41) is 9.36. The Morgan fingerprint density at radius 1 is 0.909 bits per heavy atom. The van der Waals surface area contributed by atoms with Crippen molar-refractivity contribution in [3.05, 3.63) is 59.9 Å². The standard InChI is InChI=1S/C18H21FN2O/c1-14(15-2-4-16(19)5-3-15)20-10-12-21(13-11-20)17-6-8-18(22)9-7-17/h2-9,14,22H,10-13H2,1H3. The number of anilines is 1. The van der Waals surface area contributed by atoms with Crippen molar-refractivity contribution in [2.75, 3.05) is 31.1 Å². The molecule has 1 saturated heterocycles. The molecule has 2 aromatic rings. The predicted molar refractivity (Wildman–Crippen MR) is 86.7 cm³/mol. The number of hydrogen-bond donors (Lipinski definition) is 1. The maximum Gasteiger partial charge on any atom is 0.123 e. The molecule has 3 nitrogen and oxygen atoms in total. The molecular formula is C18H21FN2O. The number of rotatable bonds is 3. The molecule has 0 bridgehead atoms. The third-order valence-electron chi connectivity index (χ3n) is 4.43. The third-order valence-corrected chi connectivity index (χ3v) is 4.43. The smallest absolute Gasteiger partial charge is 0.123 e. The number of nitrogens with zero attached hydrogens (tertiary/aromatic N) is 2. The summed E-state index contributed by atoms with van der Waals surface area (Å²) in [7, 11) is 0. The van der Waals surface area contributed by atoms with Crippen molar-refractivity contribution in [1.29, 1.82) is 0 Å². The molecule has 1 N–H and O–H groups in total. The fourth-order valence-corrected chi connectivity index (χ4v) is 2.98. The molecule has 2 aromatic carbocycles. The summed E-state index contributed by atoms with van der Waals surface area (Å²) in [6.07, 6.45) is 0. The second-order valence-electron chi connectivity index (χ2n) is 5.77. The normalized spacial score (nSPS) is 17.5. The van der Waals surface area contributed by atoms with Crippen LogP contribution in [0.3, 0.4) is 0 Å². The highest BCUT2D eigenvalue weighted by atomic mass is 19.1. The van der Waals surface area contributed by atoms with E-state index in [1.54, 1.807) is 12.1 Å². The van der Waals surface area contributed by atoms with Gasteiger partial charge in [-0.15, -0.1) is 0 Å². The summed E-state index contributed by atoms with van der Waals surface area (Å²) >= 11 is 0. The predicted octanol–water partition coefficient (Wildman–Crippen LogP) is 3.41. The molecule has 0 saturated carbocycles. The summed E-state index contributed by atoms with van der Waals surface area (Å²) in [5.41, 5.74) is 2.30.